The minimum Gasteiger partial charge on any atom is -0.295 e. The predicted molar refractivity (Wildman–Crippen MR) is 69.6 cm³/mol. The van der Waals surface area contributed by atoms with Crippen molar-refractivity contribution in [3.63, 3.8) is 0 Å². The van der Waals surface area contributed by atoms with Gasteiger partial charge in [0.05, 0.1) is 0 Å². The Morgan fingerprint density at radius 1 is 0.667 bits per heavy atom. The molecule has 3 nitrogen and oxygen atoms in total. The van der Waals surface area contributed by atoms with Crippen molar-refractivity contribution in [3.05, 3.63) is 71.8 Å². The first-order valence-corrected chi connectivity index (χ1v) is 6.01. The first-order chi connectivity index (χ1) is 8.86. The quantitative estimate of drug-likeness (QED) is 0.842. The van der Waals surface area contributed by atoms with Gasteiger partial charge in [-0.2, -0.15) is 0 Å². The second-order valence-corrected chi connectivity index (χ2v) is 4.38. The van der Waals surface area contributed by atoms with E-state index in [-0.39, 0.29) is 17.9 Å². The van der Waals surface area contributed by atoms with Crippen LogP contribution in [-0.4, -0.2) is 5.78 Å². The van der Waals surface area contributed by atoms with Gasteiger partial charge in [-0.15, -0.1) is 0 Å². The van der Waals surface area contributed by atoms with Crippen LogP contribution in [0.2, 0.25) is 0 Å². The maximum absolute atomic E-state index is 12.4. The molecule has 3 heteroatoms. The predicted octanol–water partition coefficient (Wildman–Crippen LogP) is 2.15. The molecule has 90 valence electrons. The minimum absolute atomic E-state index is 0.160. The van der Waals surface area contributed by atoms with Crippen LogP contribution < -0.4 is 10.9 Å². The van der Waals surface area contributed by atoms with Crippen LogP contribution in [0.4, 0.5) is 0 Å². The van der Waals surface area contributed by atoms with Gasteiger partial charge in [-0.3, -0.25) is 4.79 Å². The summed E-state index contributed by atoms with van der Waals surface area (Å²) >= 11 is 0. The van der Waals surface area contributed by atoms with Crippen molar-refractivity contribution in [1.82, 2.24) is 10.9 Å². The molecule has 0 aromatic heterocycles. The van der Waals surface area contributed by atoms with E-state index in [9.17, 15) is 4.79 Å². The van der Waals surface area contributed by atoms with Crippen LogP contribution in [0.3, 0.4) is 0 Å². The molecular formula is C15H14N2O. The average molecular weight is 238 g/mol. The van der Waals surface area contributed by atoms with Crippen molar-refractivity contribution >= 4 is 5.78 Å². The zero-order valence-corrected chi connectivity index (χ0v) is 9.84. The van der Waals surface area contributed by atoms with E-state index in [4.69, 9.17) is 0 Å². The summed E-state index contributed by atoms with van der Waals surface area (Å²) in [5.41, 5.74) is 8.13. The number of nitrogens with one attached hydrogen (secondary N) is 2. The van der Waals surface area contributed by atoms with Gasteiger partial charge >= 0.3 is 0 Å². The van der Waals surface area contributed by atoms with Crippen molar-refractivity contribution in [1.29, 1.82) is 0 Å². The Bertz CT molecular complexity index is 489. The van der Waals surface area contributed by atoms with Crippen molar-refractivity contribution in [2.24, 2.45) is 0 Å². The largest absolute Gasteiger partial charge is 0.295 e. The Balaban J connectivity index is 1.86. The summed E-state index contributed by atoms with van der Waals surface area (Å²) < 4.78 is 0. The molecule has 3 rings (SSSR count). The van der Waals surface area contributed by atoms with Crippen LogP contribution >= 0.6 is 0 Å². The summed E-state index contributed by atoms with van der Waals surface area (Å²) in [5, 5.41) is 0. The van der Waals surface area contributed by atoms with E-state index in [1.165, 1.54) is 0 Å². The second kappa shape index (κ2) is 4.72. The van der Waals surface area contributed by atoms with E-state index in [1.54, 1.807) is 0 Å². The first kappa shape index (κ1) is 11.1. The van der Waals surface area contributed by atoms with Gasteiger partial charge in [0.25, 0.3) is 0 Å². The molecular weight excluding hydrogens is 224 g/mol. The van der Waals surface area contributed by atoms with Crippen LogP contribution in [0.15, 0.2) is 60.7 Å². The molecule has 0 aliphatic carbocycles. The van der Waals surface area contributed by atoms with Gasteiger partial charge < -0.3 is 0 Å². The molecule has 0 amide bonds. The van der Waals surface area contributed by atoms with Crippen molar-refractivity contribution in [3.8, 4) is 0 Å². The third-order valence-corrected chi connectivity index (χ3v) is 3.21. The molecule has 1 saturated heterocycles. The molecule has 18 heavy (non-hydrogen) atoms. The van der Waals surface area contributed by atoms with Gasteiger partial charge in [-0.1, -0.05) is 60.7 Å². The molecule has 0 bridgehead atoms. The number of hydrogen-bond acceptors (Lipinski definition) is 3. The lowest BCUT2D eigenvalue weighted by Gasteiger charge is -2.09. The van der Waals surface area contributed by atoms with Crippen molar-refractivity contribution in [2.45, 2.75) is 12.1 Å². The summed E-state index contributed by atoms with van der Waals surface area (Å²) in [6, 6.07) is 19.0. The molecule has 0 spiro atoms. The first-order valence-electron chi connectivity index (χ1n) is 6.01. The van der Waals surface area contributed by atoms with Crippen molar-refractivity contribution < 1.29 is 4.79 Å². The lowest BCUT2D eigenvalue weighted by molar-refractivity contribution is -0.120. The number of ketones is 1. The Hall–Kier alpha value is -1.97. The summed E-state index contributed by atoms with van der Waals surface area (Å²) in [4.78, 5) is 12.4. The van der Waals surface area contributed by atoms with E-state index in [0.717, 1.165) is 11.1 Å². The second-order valence-electron chi connectivity index (χ2n) is 4.38. The summed E-state index contributed by atoms with van der Waals surface area (Å²) in [6.07, 6.45) is 0. The maximum atomic E-state index is 12.4. The zero-order valence-electron chi connectivity index (χ0n) is 9.84. The lowest BCUT2D eigenvalue weighted by atomic mass is 9.96. The van der Waals surface area contributed by atoms with Crippen LogP contribution in [0.25, 0.3) is 0 Å². The Morgan fingerprint density at radius 2 is 1.06 bits per heavy atom. The fourth-order valence-corrected chi connectivity index (χ4v) is 2.26. The lowest BCUT2D eigenvalue weighted by Crippen LogP contribution is -2.26. The maximum Gasteiger partial charge on any atom is 0.178 e. The molecule has 1 aliphatic heterocycles. The highest BCUT2D eigenvalue weighted by Crippen LogP contribution is 2.26. The molecule has 0 saturated carbocycles. The third kappa shape index (κ3) is 1.94. The molecule has 1 aliphatic rings. The number of Topliss-reactive ketones (excluding diaryl/α,β-unsaturated/α-hetero) is 1. The minimum atomic E-state index is -0.267. The number of carbonyl (C=O) groups is 1. The average Bonchev–Trinajstić information content (AvgIpc) is 2.83. The number of hydrazine groups is 1. The van der Waals surface area contributed by atoms with E-state index in [1.807, 2.05) is 60.7 Å². The third-order valence-electron chi connectivity index (χ3n) is 3.21. The van der Waals surface area contributed by atoms with Gasteiger partial charge in [0.2, 0.25) is 0 Å². The Kier molecular flexibility index (Phi) is 2.92. The van der Waals surface area contributed by atoms with Gasteiger partial charge in [0.1, 0.15) is 12.1 Å². The highest BCUT2D eigenvalue weighted by Gasteiger charge is 2.35. The smallest absolute Gasteiger partial charge is 0.178 e. The van der Waals surface area contributed by atoms with Crippen LogP contribution in [0.5, 0.6) is 0 Å². The van der Waals surface area contributed by atoms with Crippen LogP contribution in [0, 0.1) is 0 Å². The van der Waals surface area contributed by atoms with Gasteiger partial charge in [0, 0.05) is 0 Å². The number of benzene rings is 2. The van der Waals surface area contributed by atoms with Crippen LogP contribution in [0.1, 0.15) is 23.2 Å². The summed E-state index contributed by atoms with van der Waals surface area (Å²) in [6.45, 7) is 0. The molecule has 1 fully saturated rings. The van der Waals surface area contributed by atoms with E-state index in [2.05, 4.69) is 10.9 Å². The summed E-state index contributed by atoms with van der Waals surface area (Å²) in [5.74, 6) is 0.160. The van der Waals surface area contributed by atoms with E-state index in [0.29, 0.717) is 0 Å². The van der Waals surface area contributed by atoms with Gasteiger partial charge in [0.15, 0.2) is 5.78 Å². The zero-order chi connectivity index (χ0) is 12.4. The van der Waals surface area contributed by atoms with Crippen LogP contribution in [-0.2, 0) is 4.79 Å². The summed E-state index contributed by atoms with van der Waals surface area (Å²) in [7, 11) is 0. The molecule has 2 atom stereocenters. The standard InChI is InChI=1S/C15H14N2O/c18-15-13(11-7-3-1-4-8-11)16-17-14(15)12-9-5-2-6-10-12/h1-10,13-14,16-17H. The SMILES string of the molecule is O=C1C(c2ccccc2)NNC1c1ccccc1. The fourth-order valence-electron chi connectivity index (χ4n) is 2.26. The Labute approximate surface area is 106 Å². The normalized spacial score (nSPS) is 23.2. The molecule has 1 heterocycles. The fraction of sp³-hybridized carbons (Fsp3) is 0.133. The molecule has 2 unspecified atom stereocenters. The molecule has 2 aromatic rings. The molecule has 2 aromatic carbocycles. The van der Waals surface area contributed by atoms with E-state index >= 15 is 0 Å². The Morgan fingerprint density at radius 3 is 1.44 bits per heavy atom. The number of rotatable bonds is 2. The number of hydrogen-bond donors (Lipinski definition) is 2. The topological polar surface area (TPSA) is 41.1 Å². The molecule has 0 radical (unpaired) electrons. The van der Waals surface area contributed by atoms with Gasteiger partial charge in [-0.05, 0) is 11.1 Å². The number of carbonyl (C=O) groups excluding carboxylic acids is 1. The molecule has 2 N–H and O–H groups in total. The van der Waals surface area contributed by atoms with Crippen molar-refractivity contribution in [2.75, 3.05) is 0 Å². The highest BCUT2D eigenvalue weighted by molar-refractivity contribution is 5.92. The monoisotopic (exact) mass is 238 g/mol. The van der Waals surface area contributed by atoms with Gasteiger partial charge in [-0.25, -0.2) is 10.9 Å². The highest BCUT2D eigenvalue weighted by atomic mass is 16.1. The van der Waals surface area contributed by atoms with E-state index < -0.39 is 0 Å².